The molecule has 31 heavy (non-hydrogen) atoms. The van der Waals surface area contributed by atoms with Crippen molar-refractivity contribution in [1.82, 2.24) is 15.4 Å². The average molecular weight is 423 g/mol. The van der Waals surface area contributed by atoms with E-state index in [4.69, 9.17) is 9.26 Å². The number of hydrogen-bond acceptors (Lipinski definition) is 5. The SMILES string of the molecule is O=C(COCc1cc(-c2ccc(F)cc2)on1)NCCCN1CCc2ccccc2C1. The highest BCUT2D eigenvalue weighted by atomic mass is 19.1. The summed E-state index contributed by atoms with van der Waals surface area (Å²) in [5.41, 5.74) is 4.16. The molecule has 6 nitrogen and oxygen atoms in total. The van der Waals surface area contributed by atoms with E-state index in [9.17, 15) is 9.18 Å². The number of aromatic nitrogens is 1. The number of ether oxygens (including phenoxy) is 1. The van der Waals surface area contributed by atoms with Crippen molar-refractivity contribution in [1.29, 1.82) is 0 Å². The van der Waals surface area contributed by atoms with Gasteiger partial charge in [-0.25, -0.2) is 4.39 Å². The van der Waals surface area contributed by atoms with Crippen molar-refractivity contribution in [2.24, 2.45) is 0 Å². The summed E-state index contributed by atoms with van der Waals surface area (Å²) < 4.78 is 23.7. The molecule has 0 unspecified atom stereocenters. The Morgan fingerprint density at radius 3 is 2.81 bits per heavy atom. The Balaban J connectivity index is 1.11. The lowest BCUT2D eigenvalue weighted by Gasteiger charge is -2.28. The Morgan fingerprint density at radius 1 is 1.16 bits per heavy atom. The van der Waals surface area contributed by atoms with Crippen LogP contribution in [0.2, 0.25) is 0 Å². The van der Waals surface area contributed by atoms with Crippen LogP contribution in [0.15, 0.2) is 59.1 Å². The van der Waals surface area contributed by atoms with Crippen molar-refractivity contribution in [3.05, 3.63) is 77.2 Å². The molecule has 1 amide bonds. The molecule has 0 atom stereocenters. The minimum atomic E-state index is -0.306. The molecule has 1 aliphatic heterocycles. The fourth-order valence-electron chi connectivity index (χ4n) is 3.70. The highest BCUT2D eigenvalue weighted by molar-refractivity contribution is 5.77. The van der Waals surface area contributed by atoms with Gasteiger partial charge in [-0.15, -0.1) is 0 Å². The van der Waals surface area contributed by atoms with E-state index in [1.807, 2.05) is 0 Å². The Kier molecular flexibility index (Phi) is 7.07. The number of amides is 1. The number of fused-ring (bicyclic) bond motifs is 1. The van der Waals surface area contributed by atoms with Crippen molar-refractivity contribution in [3.63, 3.8) is 0 Å². The molecule has 0 fully saturated rings. The average Bonchev–Trinajstić information content (AvgIpc) is 3.26. The van der Waals surface area contributed by atoms with Crippen LogP contribution in [0.1, 0.15) is 23.2 Å². The number of halogens is 1. The number of carbonyl (C=O) groups is 1. The molecule has 2 heterocycles. The second kappa shape index (κ2) is 10.3. The van der Waals surface area contributed by atoms with Crippen LogP contribution in [0.4, 0.5) is 4.39 Å². The van der Waals surface area contributed by atoms with Gasteiger partial charge in [-0.1, -0.05) is 29.4 Å². The quantitative estimate of drug-likeness (QED) is 0.533. The van der Waals surface area contributed by atoms with Gasteiger partial charge in [0.15, 0.2) is 5.76 Å². The maximum Gasteiger partial charge on any atom is 0.246 e. The predicted molar refractivity (Wildman–Crippen MR) is 115 cm³/mol. The second-order valence-corrected chi connectivity index (χ2v) is 7.68. The van der Waals surface area contributed by atoms with Crippen LogP contribution in [0.3, 0.4) is 0 Å². The molecule has 0 aliphatic carbocycles. The summed E-state index contributed by atoms with van der Waals surface area (Å²) in [6.07, 6.45) is 1.99. The number of nitrogens with zero attached hydrogens (tertiary/aromatic N) is 2. The van der Waals surface area contributed by atoms with E-state index >= 15 is 0 Å². The maximum atomic E-state index is 13.0. The largest absolute Gasteiger partial charge is 0.365 e. The number of rotatable bonds is 9. The topological polar surface area (TPSA) is 67.6 Å². The number of carbonyl (C=O) groups excluding carboxylic acids is 1. The van der Waals surface area contributed by atoms with Crippen molar-refractivity contribution in [2.45, 2.75) is 26.0 Å². The Hall–Kier alpha value is -3.03. The molecule has 4 rings (SSSR count). The van der Waals surface area contributed by atoms with E-state index in [2.05, 4.69) is 39.6 Å². The number of nitrogens with one attached hydrogen (secondary N) is 1. The van der Waals surface area contributed by atoms with Crippen LogP contribution in [-0.2, 0) is 29.1 Å². The van der Waals surface area contributed by atoms with Crippen molar-refractivity contribution in [3.8, 4) is 11.3 Å². The maximum absolute atomic E-state index is 13.0. The fraction of sp³-hybridized carbons (Fsp3) is 0.333. The van der Waals surface area contributed by atoms with E-state index in [1.165, 1.54) is 23.3 Å². The van der Waals surface area contributed by atoms with Crippen molar-refractivity contribution >= 4 is 5.91 Å². The predicted octanol–water partition coefficient (Wildman–Crippen LogP) is 3.56. The molecule has 0 radical (unpaired) electrons. The lowest BCUT2D eigenvalue weighted by Crippen LogP contribution is -2.34. The Bertz CT molecular complexity index is 1000. The summed E-state index contributed by atoms with van der Waals surface area (Å²) in [7, 11) is 0. The summed E-state index contributed by atoms with van der Waals surface area (Å²) in [6, 6.07) is 16.3. The van der Waals surface area contributed by atoms with Gasteiger partial charge in [-0.2, -0.15) is 0 Å². The van der Waals surface area contributed by atoms with Gasteiger partial charge in [-0.05, 0) is 48.2 Å². The normalized spacial score (nSPS) is 13.7. The van der Waals surface area contributed by atoms with Crippen LogP contribution >= 0.6 is 0 Å². The first-order valence-corrected chi connectivity index (χ1v) is 10.5. The third kappa shape index (κ3) is 5.99. The molecule has 162 valence electrons. The monoisotopic (exact) mass is 423 g/mol. The summed E-state index contributed by atoms with van der Waals surface area (Å²) in [6.45, 7) is 3.76. The Labute approximate surface area is 181 Å². The first-order valence-electron chi connectivity index (χ1n) is 10.5. The molecule has 1 aliphatic rings. The van der Waals surface area contributed by atoms with E-state index in [0.717, 1.165) is 38.0 Å². The minimum absolute atomic E-state index is 0.0319. The number of benzene rings is 2. The first-order chi connectivity index (χ1) is 15.2. The molecular formula is C24H26FN3O3. The molecule has 1 aromatic heterocycles. The van der Waals surface area contributed by atoms with Gasteiger partial charge < -0.3 is 14.6 Å². The lowest BCUT2D eigenvalue weighted by atomic mass is 10.00. The van der Waals surface area contributed by atoms with Crippen LogP contribution in [0.25, 0.3) is 11.3 Å². The van der Waals surface area contributed by atoms with Gasteiger partial charge in [-0.3, -0.25) is 9.69 Å². The van der Waals surface area contributed by atoms with E-state index in [0.29, 0.717) is 18.0 Å². The second-order valence-electron chi connectivity index (χ2n) is 7.68. The molecule has 0 bridgehead atoms. The molecular weight excluding hydrogens is 397 g/mol. The van der Waals surface area contributed by atoms with E-state index in [-0.39, 0.29) is 24.9 Å². The molecule has 0 spiro atoms. The molecule has 0 saturated carbocycles. The van der Waals surface area contributed by atoms with Crippen LogP contribution in [0, 0.1) is 5.82 Å². The van der Waals surface area contributed by atoms with E-state index in [1.54, 1.807) is 18.2 Å². The van der Waals surface area contributed by atoms with Crippen molar-refractivity contribution < 1.29 is 18.4 Å². The zero-order valence-electron chi connectivity index (χ0n) is 17.4. The standard InChI is InChI=1S/C24H26FN3O3/c25-21-8-6-19(7-9-21)23-14-22(27-31-23)16-30-17-24(29)26-11-3-12-28-13-10-18-4-1-2-5-20(18)15-28/h1-2,4-9,14H,3,10-13,15-17H2,(H,26,29). The summed E-state index contributed by atoms with van der Waals surface area (Å²) in [5.74, 6) is 0.0775. The first kappa shape index (κ1) is 21.2. The summed E-state index contributed by atoms with van der Waals surface area (Å²) >= 11 is 0. The lowest BCUT2D eigenvalue weighted by molar-refractivity contribution is -0.126. The van der Waals surface area contributed by atoms with Gasteiger partial charge in [0.05, 0.1) is 6.61 Å². The summed E-state index contributed by atoms with van der Waals surface area (Å²) in [5, 5.41) is 6.82. The third-order valence-corrected chi connectivity index (χ3v) is 5.35. The molecule has 2 aromatic carbocycles. The van der Waals surface area contributed by atoms with Crippen LogP contribution in [-0.4, -0.2) is 42.2 Å². The summed E-state index contributed by atoms with van der Waals surface area (Å²) in [4.78, 5) is 14.4. The Morgan fingerprint density at radius 2 is 1.97 bits per heavy atom. The highest BCUT2D eigenvalue weighted by Crippen LogP contribution is 2.21. The molecule has 7 heteroatoms. The third-order valence-electron chi connectivity index (χ3n) is 5.35. The number of hydrogen-bond donors (Lipinski definition) is 1. The van der Waals surface area contributed by atoms with Gasteiger partial charge in [0, 0.05) is 37.8 Å². The fourth-order valence-corrected chi connectivity index (χ4v) is 3.70. The van der Waals surface area contributed by atoms with E-state index < -0.39 is 0 Å². The van der Waals surface area contributed by atoms with Gasteiger partial charge in [0.25, 0.3) is 0 Å². The smallest absolute Gasteiger partial charge is 0.246 e. The molecule has 3 aromatic rings. The van der Waals surface area contributed by atoms with Gasteiger partial charge in [0.2, 0.25) is 5.91 Å². The molecule has 0 saturated heterocycles. The minimum Gasteiger partial charge on any atom is -0.365 e. The zero-order chi connectivity index (χ0) is 21.5. The van der Waals surface area contributed by atoms with Gasteiger partial charge in [0.1, 0.15) is 18.1 Å². The van der Waals surface area contributed by atoms with Crippen molar-refractivity contribution in [2.75, 3.05) is 26.2 Å². The van der Waals surface area contributed by atoms with Crippen LogP contribution < -0.4 is 5.32 Å². The highest BCUT2D eigenvalue weighted by Gasteiger charge is 2.15. The van der Waals surface area contributed by atoms with Gasteiger partial charge >= 0.3 is 0 Å². The van der Waals surface area contributed by atoms with Crippen LogP contribution in [0.5, 0.6) is 0 Å². The molecule has 1 N–H and O–H groups in total. The zero-order valence-corrected chi connectivity index (χ0v) is 17.4.